The van der Waals surface area contributed by atoms with Gasteiger partial charge in [0, 0.05) is 19.5 Å². The van der Waals surface area contributed by atoms with E-state index in [4.69, 9.17) is 0 Å². The van der Waals surface area contributed by atoms with E-state index in [9.17, 15) is 0 Å². The highest BCUT2D eigenvalue weighted by Crippen LogP contribution is 2.07. The number of hydrogen-bond acceptors (Lipinski definition) is 2. The van der Waals surface area contributed by atoms with E-state index < -0.39 is 0 Å². The number of aliphatic imine (C=N–C) groups is 1. The number of rotatable bonds is 3. The van der Waals surface area contributed by atoms with Crippen LogP contribution in [0.4, 0.5) is 0 Å². The highest BCUT2D eigenvalue weighted by molar-refractivity contribution is 5.83. The fourth-order valence-electron chi connectivity index (χ4n) is 1.92. The highest BCUT2D eigenvalue weighted by atomic mass is 15.0. The molecule has 0 atom stereocenters. The van der Waals surface area contributed by atoms with Crippen molar-refractivity contribution in [1.82, 2.24) is 5.32 Å². The molecule has 1 heterocycles. The first kappa shape index (κ1) is 10.2. The van der Waals surface area contributed by atoms with Gasteiger partial charge in [-0.3, -0.25) is 4.99 Å². The summed E-state index contributed by atoms with van der Waals surface area (Å²) < 4.78 is 0. The first-order valence-corrected chi connectivity index (χ1v) is 5.68. The second-order valence-electron chi connectivity index (χ2n) is 4.04. The maximum absolute atomic E-state index is 4.39. The maximum atomic E-state index is 4.39. The van der Waals surface area contributed by atoms with Crippen LogP contribution in [0, 0.1) is 6.92 Å². The smallest absolute Gasteiger partial charge is 0.0963 e. The van der Waals surface area contributed by atoms with Crippen molar-refractivity contribution >= 4 is 5.84 Å². The van der Waals surface area contributed by atoms with Crippen molar-refractivity contribution in [3.05, 3.63) is 35.4 Å². The lowest BCUT2D eigenvalue weighted by Crippen LogP contribution is -2.24. The number of benzene rings is 1. The minimum Gasteiger partial charge on any atom is -0.374 e. The predicted octanol–water partition coefficient (Wildman–Crippen LogP) is 2.32. The Morgan fingerprint density at radius 1 is 1.33 bits per heavy atom. The molecule has 0 saturated carbocycles. The Morgan fingerprint density at radius 2 is 2.20 bits per heavy atom. The third-order valence-electron chi connectivity index (χ3n) is 2.86. The third-order valence-corrected chi connectivity index (χ3v) is 2.86. The van der Waals surface area contributed by atoms with Crippen LogP contribution in [0.3, 0.4) is 0 Å². The first-order valence-electron chi connectivity index (χ1n) is 5.68. The minimum atomic E-state index is 1.00. The fraction of sp³-hybridized carbons (Fsp3) is 0.462. The molecule has 1 aliphatic heterocycles. The zero-order valence-electron chi connectivity index (χ0n) is 9.29. The van der Waals surface area contributed by atoms with Gasteiger partial charge in [0.2, 0.25) is 0 Å². The molecule has 2 rings (SSSR count). The largest absolute Gasteiger partial charge is 0.374 e. The molecule has 0 aliphatic carbocycles. The topological polar surface area (TPSA) is 24.4 Å². The van der Waals surface area contributed by atoms with E-state index in [0.29, 0.717) is 0 Å². The summed E-state index contributed by atoms with van der Waals surface area (Å²) in [7, 11) is 0. The van der Waals surface area contributed by atoms with Crippen LogP contribution in [0.1, 0.15) is 24.0 Å². The average molecular weight is 202 g/mol. The van der Waals surface area contributed by atoms with Gasteiger partial charge in [0.25, 0.3) is 0 Å². The Morgan fingerprint density at radius 3 is 2.93 bits per heavy atom. The molecule has 0 saturated heterocycles. The molecular formula is C13H18N2. The van der Waals surface area contributed by atoms with Gasteiger partial charge >= 0.3 is 0 Å². The van der Waals surface area contributed by atoms with Gasteiger partial charge in [-0.15, -0.1) is 0 Å². The van der Waals surface area contributed by atoms with Gasteiger partial charge in [0.1, 0.15) is 0 Å². The molecule has 80 valence electrons. The van der Waals surface area contributed by atoms with Crippen molar-refractivity contribution in [2.24, 2.45) is 4.99 Å². The lowest BCUT2D eigenvalue weighted by Gasteiger charge is -2.07. The number of aryl methyl sites for hydroxylation is 1. The maximum Gasteiger partial charge on any atom is 0.0963 e. The predicted molar refractivity (Wildman–Crippen MR) is 64.4 cm³/mol. The highest BCUT2D eigenvalue weighted by Gasteiger charge is 2.04. The van der Waals surface area contributed by atoms with Crippen LogP contribution in [0.2, 0.25) is 0 Å². The molecule has 0 spiro atoms. The molecule has 15 heavy (non-hydrogen) atoms. The lowest BCUT2D eigenvalue weighted by molar-refractivity contribution is 0.847. The molecule has 2 nitrogen and oxygen atoms in total. The Labute approximate surface area is 91.4 Å². The van der Waals surface area contributed by atoms with Crippen molar-refractivity contribution in [2.45, 2.75) is 26.2 Å². The van der Waals surface area contributed by atoms with E-state index in [-0.39, 0.29) is 0 Å². The zero-order valence-corrected chi connectivity index (χ0v) is 9.29. The lowest BCUT2D eigenvalue weighted by atomic mass is 10.1. The van der Waals surface area contributed by atoms with Gasteiger partial charge in [-0.2, -0.15) is 0 Å². The summed E-state index contributed by atoms with van der Waals surface area (Å²) in [4.78, 5) is 4.39. The summed E-state index contributed by atoms with van der Waals surface area (Å²) in [6, 6.07) is 8.57. The second-order valence-corrected chi connectivity index (χ2v) is 4.04. The third kappa shape index (κ3) is 2.82. The average Bonchev–Trinajstić information content (AvgIpc) is 2.74. The molecule has 0 fully saturated rings. The van der Waals surface area contributed by atoms with Crippen LogP contribution >= 0.6 is 0 Å². The molecule has 1 N–H and O–H groups in total. The van der Waals surface area contributed by atoms with Crippen LogP contribution in [0.25, 0.3) is 0 Å². The Hall–Kier alpha value is -1.31. The summed E-state index contributed by atoms with van der Waals surface area (Å²) in [6.45, 7) is 4.18. The Kier molecular flexibility index (Phi) is 3.38. The van der Waals surface area contributed by atoms with E-state index in [0.717, 1.165) is 25.9 Å². The molecule has 1 aromatic rings. The van der Waals surface area contributed by atoms with Crippen LogP contribution in [-0.2, 0) is 6.42 Å². The van der Waals surface area contributed by atoms with Gasteiger partial charge in [-0.25, -0.2) is 0 Å². The van der Waals surface area contributed by atoms with Crippen molar-refractivity contribution in [2.75, 3.05) is 13.1 Å². The van der Waals surface area contributed by atoms with E-state index in [1.807, 2.05) is 0 Å². The summed E-state index contributed by atoms with van der Waals surface area (Å²) in [6.07, 6.45) is 3.44. The van der Waals surface area contributed by atoms with Gasteiger partial charge in [-0.1, -0.05) is 24.3 Å². The van der Waals surface area contributed by atoms with Crippen molar-refractivity contribution < 1.29 is 0 Å². The number of amidine groups is 1. The van der Waals surface area contributed by atoms with Gasteiger partial charge in [-0.05, 0) is 30.9 Å². The van der Waals surface area contributed by atoms with Crippen LogP contribution < -0.4 is 5.32 Å². The Balaban J connectivity index is 1.80. The molecule has 1 aromatic carbocycles. The summed E-state index contributed by atoms with van der Waals surface area (Å²) in [5.74, 6) is 1.20. The quantitative estimate of drug-likeness (QED) is 0.799. The molecule has 0 aromatic heterocycles. The molecule has 0 unspecified atom stereocenters. The monoisotopic (exact) mass is 202 g/mol. The normalized spacial score (nSPS) is 15.1. The molecule has 0 amide bonds. The SMILES string of the molecule is Cc1ccccc1CCNC1=NCCC1. The summed E-state index contributed by atoms with van der Waals surface area (Å²) in [5.41, 5.74) is 2.82. The van der Waals surface area contributed by atoms with Crippen molar-refractivity contribution in [3.63, 3.8) is 0 Å². The first-order chi connectivity index (χ1) is 7.36. The van der Waals surface area contributed by atoms with E-state index >= 15 is 0 Å². The van der Waals surface area contributed by atoms with E-state index in [1.165, 1.54) is 23.4 Å². The van der Waals surface area contributed by atoms with E-state index in [2.05, 4.69) is 41.5 Å². The minimum absolute atomic E-state index is 1.00. The molecule has 2 heteroatoms. The zero-order chi connectivity index (χ0) is 10.5. The van der Waals surface area contributed by atoms with Crippen LogP contribution in [0.15, 0.2) is 29.3 Å². The van der Waals surface area contributed by atoms with Crippen LogP contribution in [-0.4, -0.2) is 18.9 Å². The molecule has 0 radical (unpaired) electrons. The van der Waals surface area contributed by atoms with Crippen LogP contribution in [0.5, 0.6) is 0 Å². The van der Waals surface area contributed by atoms with Crippen molar-refractivity contribution in [3.8, 4) is 0 Å². The number of nitrogens with zero attached hydrogens (tertiary/aromatic N) is 1. The number of nitrogens with one attached hydrogen (secondary N) is 1. The molecule has 1 aliphatic rings. The summed E-state index contributed by atoms with van der Waals surface area (Å²) in [5, 5.41) is 3.41. The fourth-order valence-corrected chi connectivity index (χ4v) is 1.92. The van der Waals surface area contributed by atoms with Gasteiger partial charge in [0.05, 0.1) is 5.84 Å². The van der Waals surface area contributed by atoms with Crippen molar-refractivity contribution in [1.29, 1.82) is 0 Å². The Bertz CT molecular complexity index is 355. The molecular weight excluding hydrogens is 184 g/mol. The standard InChI is InChI=1S/C13H18N2/c1-11-5-2-3-6-12(11)8-10-15-13-7-4-9-14-13/h2-3,5-6H,4,7-10H2,1H3,(H,14,15). The molecule has 0 bridgehead atoms. The number of hydrogen-bond donors (Lipinski definition) is 1. The second kappa shape index (κ2) is 4.96. The van der Waals surface area contributed by atoms with Gasteiger partial charge in [0.15, 0.2) is 0 Å². The van der Waals surface area contributed by atoms with E-state index in [1.54, 1.807) is 0 Å². The summed E-state index contributed by atoms with van der Waals surface area (Å²) >= 11 is 0. The van der Waals surface area contributed by atoms with Gasteiger partial charge < -0.3 is 5.32 Å².